The van der Waals surface area contributed by atoms with Crippen LogP contribution in [0.5, 0.6) is 17.2 Å². The number of halogens is 1. The zero-order chi connectivity index (χ0) is 22.7. The minimum atomic E-state index is 0.0797. The topological polar surface area (TPSA) is 60.0 Å². The quantitative estimate of drug-likeness (QED) is 0.603. The number of amides is 1. The van der Waals surface area contributed by atoms with Crippen molar-refractivity contribution in [3.05, 3.63) is 47.0 Å². The Balaban J connectivity index is 1.30. The second-order valence-corrected chi connectivity index (χ2v) is 9.06. The van der Waals surface area contributed by atoms with Crippen LogP contribution in [0.2, 0.25) is 5.02 Å². The van der Waals surface area contributed by atoms with E-state index in [1.807, 2.05) is 19.1 Å². The largest absolute Gasteiger partial charge is 0.495 e. The molecule has 2 aromatic rings. The summed E-state index contributed by atoms with van der Waals surface area (Å²) in [4.78, 5) is 15.3. The van der Waals surface area contributed by atoms with E-state index in [1.54, 1.807) is 26.4 Å². The molecule has 7 heteroatoms. The molecule has 1 heterocycles. The van der Waals surface area contributed by atoms with Crippen molar-refractivity contribution in [2.75, 3.05) is 39.2 Å². The molecule has 2 fully saturated rings. The molecule has 4 rings (SSSR count). The third kappa shape index (κ3) is 4.81. The van der Waals surface area contributed by atoms with Crippen LogP contribution in [0.1, 0.15) is 31.7 Å². The van der Waals surface area contributed by atoms with E-state index < -0.39 is 0 Å². The summed E-state index contributed by atoms with van der Waals surface area (Å²) in [5.41, 5.74) is 2.07. The highest BCUT2D eigenvalue weighted by Crippen LogP contribution is 2.59. The van der Waals surface area contributed by atoms with Gasteiger partial charge in [-0.05, 0) is 80.6 Å². The molecule has 0 aromatic heterocycles. The second kappa shape index (κ2) is 9.59. The summed E-state index contributed by atoms with van der Waals surface area (Å²) in [6.45, 7) is 5.45. The van der Waals surface area contributed by atoms with E-state index >= 15 is 0 Å². The van der Waals surface area contributed by atoms with Crippen molar-refractivity contribution >= 4 is 23.2 Å². The van der Waals surface area contributed by atoms with E-state index in [0.717, 1.165) is 50.4 Å². The molecular weight excluding hydrogens is 428 g/mol. The number of carbonyl (C=O) groups excluding carboxylic acids is 1. The fraction of sp³-hybridized carbons (Fsp3) is 0.480. The summed E-state index contributed by atoms with van der Waals surface area (Å²) in [5, 5.41) is 3.52. The van der Waals surface area contributed by atoms with E-state index in [9.17, 15) is 4.79 Å². The normalized spacial score (nSPS) is 19.4. The molecule has 1 saturated carbocycles. The molecule has 1 saturated heterocycles. The van der Waals surface area contributed by atoms with E-state index in [0.29, 0.717) is 23.1 Å². The van der Waals surface area contributed by atoms with Crippen LogP contribution in [0.15, 0.2) is 36.4 Å². The first kappa shape index (κ1) is 22.7. The van der Waals surface area contributed by atoms with Crippen LogP contribution in [0.4, 0.5) is 5.69 Å². The molecule has 0 radical (unpaired) electrons. The number of carbonyl (C=O) groups is 1. The Morgan fingerprint density at radius 1 is 1.09 bits per heavy atom. The van der Waals surface area contributed by atoms with Crippen molar-refractivity contribution in [2.45, 2.75) is 32.7 Å². The van der Waals surface area contributed by atoms with Crippen LogP contribution in [0, 0.1) is 11.3 Å². The van der Waals surface area contributed by atoms with E-state index in [4.69, 9.17) is 25.8 Å². The lowest BCUT2D eigenvalue weighted by atomic mass is 9.90. The first-order chi connectivity index (χ1) is 15.5. The highest BCUT2D eigenvalue weighted by Gasteiger charge is 2.58. The molecule has 32 heavy (non-hydrogen) atoms. The van der Waals surface area contributed by atoms with Gasteiger partial charge in [-0.3, -0.25) is 9.69 Å². The minimum absolute atomic E-state index is 0.0797. The number of anilines is 1. The maximum atomic E-state index is 12.8. The van der Waals surface area contributed by atoms with Gasteiger partial charge < -0.3 is 19.5 Å². The Hall–Kier alpha value is -2.44. The Kier molecular flexibility index (Phi) is 6.82. The molecular formula is C25H31ClN2O4. The molecule has 1 N–H and O–H groups in total. The number of hydrogen-bond acceptors (Lipinski definition) is 5. The molecule has 6 nitrogen and oxygen atoms in total. The Labute approximate surface area is 194 Å². The van der Waals surface area contributed by atoms with Crippen LogP contribution in [0.25, 0.3) is 0 Å². The molecule has 172 valence electrons. The predicted octanol–water partition coefficient (Wildman–Crippen LogP) is 5.00. The highest BCUT2D eigenvalue weighted by molar-refractivity contribution is 6.32. The van der Waals surface area contributed by atoms with Gasteiger partial charge in [-0.25, -0.2) is 0 Å². The van der Waals surface area contributed by atoms with Crippen molar-refractivity contribution in [3.8, 4) is 17.2 Å². The number of rotatable bonds is 8. The third-order valence-electron chi connectivity index (χ3n) is 6.71. The molecule has 1 unspecified atom stereocenters. The van der Waals surface area contributed by atoms with Gasteiger partial charge in [0.1, 0.15) is 5.75 Å². The number of likely N-dealkylation sites (tertiary alicyclic amines) is 1. The molecule has 0 bridgehead atoms. The van der Waals surface area contributed by atoms with Crippen LogP contribution in [-0.4, -0.2) is 44.7 Å². The van der Waals surface area contributed by atoms with Crippen LogP contribution in [-0.2, 0) is 11.3 Å². The smallest absolute Gasteiger partial charge is 0.228 e. The van der Waals surface area contributed by atoms with Gasteiger partial charge in [0.2, 0.25) is 5.91 Å². The fourth-order valence-electron chi connectivity index (χ4n) is 4.75. The van der Waals surface area contributed by atoms with Gasteiger partial charge in [0, 0.05) is 18.2 Å². The fourth-order valence-corrected chi connectivity index (χ4v) is 5.00. The molecule has 1 atom stereocenters. The molecule has 1 aliphatic heterocycles. The number of nitrogens with zero attached hydrogens (tertiary/aromatic N) is 1. The van der Waals surface area contributed by atoms with Crippen molar-refractivity contribution in [1.82, 2.24) is 4.90 Å². The first-order valence-corrected chi connectivity index (χ1v) is 11.5. The Morgan fingerprint density at radius 2 is 1.81 bits per heavy atom. The van der Waals surface area contributed by atoms with Gasteiger partial charge in [0.25, 0.3) is 0 Å². The summed E-state index contributed by atoms with van der Waals surface area (Å²) in [5.74, 6) is 2.33. The first-order valence-electron chi connectivity index (χ1n) is 11.1. The van der Waals surface area contributed by atoms with Gasteiger partial charge in [0.15, 0.2) is 11.5 Å². The lowest BCUT2D eigenvalue weighted by Crippen LogP contribution is -2.35. The number of hydrogen-bond donors (Lipinski definition) is 1. The van der Waals surface area contributed by atoms with Crippen molar-refractivity contribution < 1.29 is 19.0 Å². The Morgan fingerprint density at radius 3 is 2.47 bits per heavy atom. The third-order valence-corrected chi connectivity index (χ3v) is 7.01. The number of piperidine rings is 1. The van der Waals surface area contributed by atoms with Crippen LogP contribution in [0.3, 0.4) is 0 Å². The number of methoxy groups -OCH3 is 2. The van der Waals surface area contributed by atoms with Crippen molar-refractivity contribution in [1.29, 1.82) is 0 Å². The standard InChI is InChI=1S/C25H31ClN2O4/c1-4-32-23-13-17(5-7-22(23)31-3)16-28-11-9-25(10-12-28)15-19(25)24(29)27-18-6-8-21(30-2)20(26)14-18/h5-8,13-14,19H,4,9-12,15-16H2,1-3H3,(H,27,29). The monoisotopic (exact) mass is 458 g/mol. The average Bonchev–Trinajstić information content (AvgIpc) is 3.50. The zero-order valence-corrected chi connectivity index (χ0v) is 19.7. The number of nitrogens with one attached hydrogen (secondary N) is 1. The molecule has 1 aliphatic carbocycles. The van der Waals surface area contributed by atoms with E-state index in [-0.39, 0.29) is 17.2 Å². The summed E-state index contributed by atoms with van der Waals surface area (Å²) < 4.78 is 16.3. The Bertz CT molecular complexity index is 972. The summed E-state index contributed by atoms with van der Waals surface area (Å²) in [7, 11) is 3.24. The van der Waals surface area contributed by atoms with E-state index in [1.165, 1.54) is 5.56 Å². The summed E-state index contributed by atoms with van der Waals surface area (Å²) in [6.07, 6.45) is 3.05. The molecule has 2 aliphatic rings. The van der Waals surface area contributed by atoms with Gasteiger partial charge in [-0.1, -0.05) is 17.7 Å². The average molecular weight is 459 g/mol. The highest BCUT2D eigenvalue weighted by atomic mass is 35.5. The molecule has 1 spiro atoms. The van der Waals surface area contributed by atoms with Gasteiger partial charge in [0.05, 0.1) is 25.8 Å². The van der Waals surface area contributed by atoms with Crippen LogP contribution < -0.4 is 19.5 Å². The number of ether oxygens (including phenoxy) is 3. The minimum Gasteiger partial charge on any atom is -0.495 e. The summed E-state index contributed by atoms with van der Waals surface area (Å²) in [6, 6.07) is 11.5. The van der Waals surface area contributed by atoms with Gasteiger partial charge in [-0.2, -0.15) is 0 Å². The maximum Gasteiger partial charge on any atom is 0.228 e. The lowest BCUT2D eigenvalue weighted by molar-refractivity contribution is -0.118. The van der Waals surface area contributed by atoms with Gasteiger partial charge in [-0.15, -0.1) is 0 Å². The van der Waals surface area contributed by atoms with Crippen molar-refractivity contribution in [3.63, 3.8) is 0 Å². The van der Waals surface area contributed by atoms with Crippen molar-refractivity contribution in [2.24, 2.45) is 11.3 Å². The summed E-state index contributed by atoms with van der Waals surface area (Å²) >= 11 is 6.18. The van der Waals surface area contributed by atoms with Gasteiger partial charge >= 0.3 is 0 Å². The number of benzene rings is 2. The SMILES string of the molecule is CCOc1cc(CN2CCC3(CC2)CC3C(=O)Nc2ccc(OC)c(Cl)c2)ccc1OC. The molecule has 1 amide bonds. The maximum absolute atomic E-state index is 12.8. The van der Waals surface area contributed by atoms with E-state index in [2.05, 4.69) is 22.3 Å². The molecule has 2 aromatic carbocycles. The van der Waals surface area contributed by atoms with Crippen LogP contribution >= 0.6 is 11.6 Å². The zero-order valence-electron chi connectivity index (χ0n) is 18.9. The predicted molar refractivity (Wildman–Crippen MR) is 126 cm³/mol. The lowest BCUT2D eigenvalue weighted by Gasteiger charge is -2.33. The second-order valence-electron chi connectivity index (χ2n) is 8.65.